The fourth-order valence-electron chi connectivity index (χ4n) is 3.08. The van der Waals surface area contributed by atoms with Gasteiger partial charge in [-0.25, -0.2) is 0 Å². The molecular weight excluding hydrogens is 286 g/mol. The molecule has 1 saturated carbocycles. The summed E-state index contributed by atoms with van der Waals surface area (Å²) in [6, 6.07) is 9.79. The molecule has 2 heteroatoms. The van der Waals surface area contributed by atoms with Crippen LogP contribution in [0.15, 0.2) is 28.7 Å². The molecule has 18 heavy (non-hydrogen) atoms. The number of hydrogen-bond donors (Lipinski definition) is 1. The fraction of sp³-hybridized carbons (Fsp3) is 0.625. The van der Waals surface area contributed by atoms with Crippen LogP contribution in [0.1, 0.15) is 51.6 Å². The van der Waals surface area contributed by atoms with Gasteiger partial charge >= 0.3 is 0 Å². The molecule has 0 radical (unpaired) electrons. The molecule has 1 aliphatic carbocycles. The van der Waals surface area contributed by atoms with Crippen LogP contribution in [0, 0.1) is 11.8 Å². The maximum Gasteiger partial charge on any atom is 0.0294 e. The maximum atomic E-state index is 3.81. The summed E-state index contributed by atoms with van der Waals surface area (Å²) in [6.07, 6.45) is 4.06. The van der Waals surface area contributed by atoms with E-state index in [0.717, 1.165) is 16.3 Å². The Bertz CT molecular complexity index is 373. The van der Waals surface area contributed by atoms with Gasteiger partial charge in [-0.15, -0.1) is 0 Å². The van der Waals surface area contributed by atoms with Crippen molar-refractivity contribution in [2.45, 2.75) is 52.1 Å². The van der Waals surface area contributed by atoms with Gasteiger partial charge < -0.3 is 5.32 Å². The molecule has 0 aliphatic heterocycles. The minimum Gasteiger partial charge on any atom is -0.307 e. The zero-order chi connectivity index (χ0) is 13.1. The predicted octanol–water partition coefficient (Wildman–Crippen LogP) is 4.92. The summed E-state index contributed by atoms with van der Waals surface area (Å²) in [5.41, 5.74) is 1.38. The van der Waals surface area contributed by atoms with Gasteiger partial charge in [-0.2, -0.15) is 0 Å². The van der Waals surface area contributed by atoms with Crippen LogP contribution in [0.25, 0.3) is 0 Å². The molecule has 0 heterocycles. The van der Waals surface area contributed by atoms with E-state index in [9.17, 15) is 0 Å². The van der Waals surface area contributed by atoms with Crippen molar-refractivity contribution in [3.63, 3.8) is 0 Å². The predicted molar refractivity (Wildman–Crippen MR) is 81.7 cm³/mol. The lowest BCUT2D eigenvalue weighted by Crippen LogP contribution is -2.40. The van der Waals surface area contributed by atoms with Crippen molar-refractivity contribution in [3.8, 4) is 0 Å². The van der Waals surface area contributed by atoms with Crippen molar-refractivity contribution in [1.82, 2.24) is 5.32 Å². The first-order valence-corrected chi connectivity index (χ1v) is 7.87. The second kappa shape index (κ2) is 6.21. The van der Waals surface area contributed by atoms with Crippen LogP contribution >= 0.6 is 15.9 Å². The highest BCUT2D eigenvalue weighted by Gasteiger charge is 2.26. The van der Waals surface area contributed by atoms with E-state index in [0.29, 0.717) is 12.1 Å². The summed E-state index contributed by atoms with van der Waals surface area (Å²) in [7, 11) is 0. The quantitative estimate of drug-likeness (QED) is 0.835. The number of halogens is 1. The number of nitrogens with one attached hydrogen (secondary N) is 1. The molecule has 0 aromatic heterocycles. The summed E-state index contributed by atoms with van der Waals surface area (Å²) in [5, 5.41) is 3.81. The number of hydrogen-bond acceptors (Lipinski definition) is 1. The van der Waals surface area contributed by atoms with Gasteiger partial charge in [-0.1, -0.05) is 41.9 Å². The van der Waals surface area contributed by atoms with Crippen molar-refractivity contribution >= 4 is 15.9 Å². The van der Waals surface area contributed by atoms with Gasteiger partial charge in [-0.05, 0) is 55.7 Å². The first kappa shape index (κ1) is 14.1. The van der Waals surface area contributed by atoms with E-state index in [1.54, 1.807) is 0 Å². The lowest BCUT2D eigenvalue weighted by molar-refractivity contribution is 0.216. The van der Waals surface area contributed by atoms with Crippen LogP contribution in [0.5, 0.6) is 0 Å². The Kier molecular flexibility index (Phi) is 4.85. The van der Waals surface area contributed by atoms with E-state index in [1.165, 1.54) is 24.8 Å². The monoisotopic (exact) mass is 309 g/mol. The molecule has 0 saturated heterocycles. The van der Waals surface area contributed by atoms with Crippen molar-refractivity contribution in [1.29, 1.82) is 0 Å². The van der Waals surface area contributed by atoms with Crippen molar-refractivity contribution in [3.05, 3.63) is 34.3 Å². The Balaban J connectivity index is 1.94. The molecule has 1 fully saturated rings. The van der Waals surface area contributed by atoms with Gasteiger partial charge in [0.2, 0.25) is 0 Å². The lowest BCUT2D eigenvalue weighted by Gasteiger charge is -2.35. The summed E-state index contributed by atoms with van der Waals surface area (Å²) in [4.78, 5) is 0. The van der Waals surface area contributed by atoms with E-state index in [2.05, 4.69) is 66.3 Å². The van der Waals surface area contributed by atoms with Gasteiger partial charge in [0.05, 0.1) is 0 Å². The standard InChI is InChI=1S/C16H24BrN/c1-11-4-9-16(12(2)10-11)18-13(3)14-5-7-15(17)8-6-14/h5-8,11-13,16,18H,4,9-10H2,1-3H3/t11?,12?,13-,16?/m1/s1. The average Bonchev–Trinajstić information content (AvgIpc) is 2.33. The third-order valence-electron chi connectivity index (χ3n) is 4.27. The van der Waals surface area contributed by atoms with Crippen LogP contribution in [0.3, 0.4) is 0 Å². The van der Waals surface area contributed by atoms with E-state index in [4.69, 9.17) is 0 Å². The average molecular weight is 310 g/mol. The minimum atomic E-state index is 0.443. The van der Waals surface area contributed by atoms with Crippen LogP contribution in [-0.2, 0) is 0 Å². The Morgan fingerprint density at radius 3 is 2.44 bits per heavy atom. The highest BCUT2D eigenvalue weighted by molar-refractivity contribution is 9.10. The van der Waals surface area contributed by atoms with Crippen molar-refractivity contribution in [2.24, 2.45) is 11.8 Å². The third-order valence-corrected chi connectivity index (χ3v) is 4.79. The molecule has 1 aliphatic rings. The summed E-state index contributed by atoms with van der Waals surface area (Å²) in [5.74, 6) is 1.70. The SMILES string of the molecule is CC1CCC(N[C@H](C)c2ccc(Br)cc2)C(C)C1. The summed E-state index contributed by atoms with van der Waals surface area (Å²) in [6.45, 7) is 7.04. The van der Waals surface area contributed by atoms with Gasteiger partial charge in [-0.3, -0.25) is 0 Å². The van der Waals surface area contributed by atoms with E-state index < -0.39 is 0 Å². The van der Waals surface area contributed by atoms with Crippen LogP contribution in [0.4, 0.5) is 0 Å². The normalized spacial score (nSPS) is 30.1. The molecular formula is C16H24BrN. The molecule has 1 N–H and O–H groups in total. The topological polar surface area (TPSA) is 12.0 Å². The van der Waals surface area contributed by atoms with Gasteiger partial charge in [0.25, 0.3) is 0 Å². The molecule has 100 valence electrons. The number of benzene rings is 1. The van der Waals surface area contributed by atoms with Crippen LogP contribution in [0.2, 0.25) is 0 Å². The first-order valence-electron chi connectivity index (χ1n) is 7.07. The molecule has 4 atom stereocenters. The first-order chi connectivity index (χ1) is 8.56. The Morgan fingerprint density at radius 1 is 1.17 bits per heavy atom. The third kappa shape index (κ3) is 3.58. The van der Waals surface area contributed by atoms with Crippen molar-refractivity contribution in [2.75, 3.05) is 0 Å². The van der Waals surface area contributed by atoms with Gasteiger partial charge in [0.15, 0.2) is 0 Å². The molecule has 1 aromatic carbocycles. The van der Waals surface area contributed by atoms with Crippen molar-refractivity contribution < 1.29 is 0 Å². The smallest absolute Gasteiger partial charge is 0.0294 e. The maximum absolute atomic E-state index is 3.81. The number of rotatable bonds is 3. The fourth-order valence-corrected chi connectivity index (χ4v) is 3.35. The molecule has 0 amide bonds. The Morgan fingerprint density at radius 2 is 1.83 bits per heavy atom. The molecule has 0 bridgehead atoms. The van der Waals surface area contributed by atoms with E-state index in [1.807, 2.05) is 0 Å². The van der Waals surface area contributed by atoms with Crippen LogP contribution in [-0.4, -0.2) is 6.04 Å². The molecule has 2 rings (SSSR count). The lowest BCUT2D eigenvalue weighted by atomic mass is 9.79. The zero-order valence-corrected chi connectivity index (χ0v) is 13.2. The molecule has 1 nitrogen and oxygen atoms in total. The van der Waals surface area contributed by atoms with Gasteiger partial charge in [0.1, 0.15) is 0 Å². The highest BCUT2D eigenvalue weighted by Crippen LogP contribution is 2.30. The molecule has 1 aromatic rings. The Labute approximate surface area is 119 Å². The summed E-state index contributed by atoms with van der Waals surface area (Å²) < 4.78 is 1.15. The second-order valence-electron chi connectivity index (χ2n) is 5.94. The molecule has 0 spiro atoms. The Hall–Kier alpha value is -0.340. The van der Waals surface area contributed by atoms with Gasteiger partial charge in [0, 0.05) is 16.6 Å². The van der Waals surface area contributed by atoms with Crippen LogP contribution < -0.4 is 5.32 Å². The highest BCUT2D eigenvalue weighted by atomic mass is 79.9. The second-order valence-corrected chi connectivity index (χ2v) is 6.86. The summed E-state index contributed by atoms with van der Waals surface area (Å²) >= 11 is 3.49. The largest absolute Gasteiger partial charge is 0.307 e. The minimum absolute atomic E-state index is 0.443. The van der Waals surface area contributed by atoms with E-state index in [-0.39, 0.29) is 0 Å². The zero-order valence-electron chi connectivity index (χ0n) is 11.6. The molecule has 3 unspecified atom stereocenters. The van der Waals surface area contributed by atoms with E-state index >= 15 is 0 Å².